The van der Waals surface area contributed by atoms with Crippen LogP contribution in [0.2, 0.25) is 0 Å². The molecule has 1 N–H and O–H groups in total. The van der Waals surface area contributed by atoms with Crippen molar-refractivity contribution in [3.05, 3.63) is 41.0 Å². The van der Waals surface area contributed by atoms with E-state index in [0.717, 1.165) is 12.5 Å². The Labute approximate surface area is 123 Å². The Balaban J connectivity index is 2.10. The van der Waals surface area contributed by atoms with Gasteiger partial charge >= 0.3 is 0 Å². The van der Waals surface area contributed by atoms with Crippen LogP contribution in [0.3, 0.4) is 0 Å². The van der Waals surface area contributed by atoms with Gasteiger partial charge < -0.3 is 10.1 Å². The van der Waals surface area contributed by atoms with E-state index in [9.17, 15) is 0 Å². The standard InChI is InChI=1S/C18H27NO/c1-19-13-18(17-6-4-3-5-7-17)12-15-8-10-16(11-9-15)14-20-2/h8-12,17,19H,3-7,13-14H2,1-2H3/b18-12-. The van der Waals surface area contributed by atoms with Gasteiger partial charge in [0, 0.05) is 13.7 Å². The third-order valence-electron chi connectivity index (χ3n) is 4.15. The smallest absolute Gasteiger partial charge is 0.0713 e. The highest BCUT2D eigenvalue weighted by Gasteiger charge is 2.17. The molecule has 1 aliphatic rings. The van der Waals surface area contributed by atoms with Gasteiger partial charge in [-0.05, 0) is 36.9 Å². The van der Waals surface area contributed by atoms with Crippen LogP contribution in [0.1, 0.15) is 43.2 Å². The minimum atomic E-state index is 0.690. The highest BCUT2D eigenvalue weighted by molar-refractivity contribution is 5.54. The van der Waals surface area contributed by atoms with Crippen molar-refractivity contribution in [1.82, 2.24) is 5.32 Å². The predicted octanol–water partition coefficient (Wildman–Crippen LogP) is 4.02. The van der Waals surface area contributed by atoms with E-state index in [-0.39, 0.29) is 0 Å². The Bertz CT molecular complexity index is 416. The molecule has 110 valence electrons. The number of benzene rings is 1. The highest BCUT2D eigenvalue weighted by atomic mass is 16.5. The summed E-state index contributed by atoms with van der Waals surface area (Å²) in [6.45, 7) is 1.69. The second kappa shape index (κ2) is 8.23. The third kappa shape index (κ3) is 4.46. The van der Waals surface area contributed by atoms with Crippen LogP contribution in [0.15, 0.2) is 29.8 Å². The minimum Gasteiger partial charge on any atom is -0.380 e. The normalized spacial score (nSPS) is 17.4. The van der Waals surface area contributed by atoms with Gasteiger partial charge in [0.15, 0.2) is 0 Å². The molecule has 0 amide bonds. The van der Waals surface area contributed by atoms with Crippen molar-refractivity contribution in [2.24, 2.45) is 5.92 Å². The van der Waals surface area contributed by atoms with Crippen LogP contribution >= 0.6 is 0 Å². The molecule has 1 aliphatic carbocycles. The molecule has 0 spiro atoms. The van der Waals surface area contributed by atoms with Crippen LogP contribution < -0.4 is 5.32 Å². The van der Waals surface area contributed by atoms with E-state index >= 15 is 0 Å². The molecule has 1 saturated carbocycles. The zero-order chi connectivity index (χ0) is 14.2. The molecule has 0 aliphatic heterocycles. The number of methoxy groups -OCH3 is 1. The SMILES string of the molecule is CNC/C(=C/c1ccc(COC)cc1)C1CCCCC1. The van der Waals surface area contributed by atoms with Crippen LogP contribution in [-0.4, -0.2) is 20.7 Å². The first-order valence-corrected chi connectivity index (χ1v) is 7.76. The summed E-state index contributed by atoms with van der Waals surface area (Å²) in [7, 11) is 3.78. The van der Waals surface area contributed by atoms with Crippen LogP contribution in [0.5, 0.6) is 0 Å². The second-order valence-electron chi connectivity index (χ2n) is 5.76. The fraction of sp³-hybridized carbons (Fsp3) is 0.556. The molecule has 2 nitrogen and oxygen atoms in total. The molecule has 2 heteroatoms. The van der Waals surface area contributed by atoms with Gasteiger partial charge in [0.25, 0.3) is 0 Å². The van der Waals surface area contributed by atoms with Crippen LogP contribution in [0, 0.1) is 5.92 Å². The summed E-state index contributed by atoms with van der Waals surface area (Å²) in [5, 5.41) is 3.33. The van der Waals surface area contributed by atoms with E-state index in [1.165, 1.54) is 43.2 Å². The van der Waals surface area contributed by atoms with E-state index in [4.69, 9.17) is 4.74 Å². The lowest BCUT2D eigenvalue weighted by atomic mass is 9.83. The Morgan fingerprint density at radius 3 is 2.50 bits per heavy atom. The van der Waals surface area contributed by atoms with Crippen LogP contribution in [-0.2, 0) is 11.3 Å². The summed E-state index contributed by atoms with van der Waals surface area (Å²) in [5.74, 6) is 0.773. The molecule has 1 aromatic rings. The maximum absolute atomic E-state index is 5.16. The highest BCUT2D eigenvalue weighted by Crippen LogP contribution is 2.30. The van der Waals surface area contributed by atoms with Gasteiger partial charge in [-0.15, -0.1) is 0 Å². The van der Waals surface area contributed by atoms with Crippen LogP contribution in [0.25, 0.3) is 6.08 Å². The first-order valence-electron chi connectivity index (χ1n) is 7.76. The molecular formula is C18H27NO. The van der Waals surface area contributed by atoms with Gasteiger partial charge in [-0.1, -0.05) is 55.2 Å². The van der Waals surface area contributed by atoms with E-state index in [1.54, 1.807) is 12.7 Å². The number of hydrogen-bond acceptors (Lipinski definition) is 2. The first-order chi connectivity index (χ1) is 9.83. The Morgan fingerprint density at radius 2 is 1.90 bits per heavy atom. The van der Waals surface area contributed by atoms with Crippen molar-refractivity contribution < 1.29 is 4.74 Å². The largest absolute Gasteiger partial charge is 0.380 e. The molecule has 0 heterocycles. The zero-order valence-corrected chi connectivity index (χ0v) is 12.8. The van der Waals surface area contributed by atoms with Crippen molar-refractivity contribution >= 4 is 6.08 Å². The van der Waals surface area contributed by atoms with Crippen LogP contribution in [0.4, 0.5) is 0 Å². The lowest BCUT2D eigenvalue weighted by molar-refractivity contribution is 0.185. The molecule has 20 heavy (non-hydrogen) atoms. The number of hydrogen-bond donors (Lipinski definition) is 1. The average molecular weight is 273 g/mol. The molecule has 0 unspecified atom stereocenters. The third-order valence-corrected chi connectivity index (χ3v) is 4.15. The van der Waals surface area contributed by atoms with Crippen molar-refractivity contribution in [2.45, 2.75) is 38.7 Å². The number of likely N-dealkylation sites (N-methyl/N-ethyl adjacent to an activating group) is 1. The lowest BCUT2D eigenvalue weighted by Gasteiger charge is -2.24. The maximum atomic E-state index is 5.16. The fourth-order valence-corrected chi connectivity index (χ4v) is 3.08. The fourth-order valence-electron chi connectivity index (χ4n) is 3.08. The van der Waals surface area contributed by atoms with E-state index in [1.807, 2.05) is 7.05 Å². The number of rotatable bonds is 6. The Kier molecular flexibility index (Phi) is 6.28. The van der Waals surface area contributed by atoms with Gasteiger partial charge in [0.2, 0.25) is 0 Å². The summed E-state index contributed by atoms with van der Waals surface area (Å²) >= 11 is 0. The Hall–Kier alpha value is -1.12. The second-order valence-corrected chi connectivity index (χ2v) is 5.76. The molecule has 0 saturated heterocycles. The number of nitrogens with one attached hydrogen (secondary N) is 1. The van der Waals surface area contributed by atoms with Gasteiger partial charge in [-0.25, -0.2) is 0 Å². The van der Waals surface area contributed by atoms with Crippen molar-refractivity contribution in [2.75, 3.05) is 20.7 Å². The molecular weight excluding hydrogens is 246 g/mol. The summed E-state index contributed by atoms with van der Waals surface area (Å²) in [6.07, 6.45) is 9.28. The molecule has 0 atom stereocenters. The molecule has 0 bridgehead atoms. The van der Waals surface area contributed by atoms with Crippen molar-refractivity contribution in [1.29, 1.82) is 0 Å². The summed E-state index contributed by atoms with van der Waals surface area (Å²) < 4.78 is 5.16. The van der Waals surface area contributed by atoms with Gasteiger partial charge in [-0.3, -0.25) is 0 Å². The lowest BCUT2D eigenvalue weighted by Crippen LogP contribution is -2.19. The van der Waals surface area contributed by atoms with E-state index in [0.29, 0.717) is 6.61 Å². The topological polar surface area (TPSA) is 21.3 Å². The average Bonchev–Trinajstić information content (AvgIpc) is 2.50. The minimum absolute atomic E-state index is 0.690. The monoisotopic (exact) mass is 273 g/mol. The van der Waals surface area contributed by atoms with Gasteiger partial charge in [0.05, 0.1) is 6.61 Å². The van der Waals surface area contributed by atoms with Gasteiger partial charge in [-0.2, -0.15) is 0 Å². The zero-order valence-electron chi connectivity index (χ0n) is 12.8. The van der Waals surface area contributed by atoms with Crippen molar-refractivity contribution in [3.63, 3.8) is 0 Å². The quantitative estimate of drug-likeness (QED) is 0.845. The van der Waals surface area contributed by atoms with Gasteiger partial charge in [0.1, 0.15) is 0 Å². The summed E-state index contributed by atoms with van der Waals surface area (Å²) in [5.41, 5.74) is 4.10. The van der Waals surface area contributed by atoms with E-state index in [2.05, 4.69) is 35.7 Å². The predicted molar refractivity (Wildman–Crippen MR) is 85.6 cm³/mol. The van der Waals surface area contributed by atoms with Crippen molar-refractivity contribution in [3.8, 4) is 0 Å². The summed E-state index contributed by atoms with van der Waals surface area (Å²) in [4.78, 5) is 0. The molecule has 2 rings (SSSR count). The van der Waals surface area contributed by atoms with E-state index < -0.39 is 0 Å². The molecule has 0 radical (unpaired) electrons. The molecule has 1 aromatic carbocycles. The number of ether oxygens (including phenoxy) is 1. The summed E-state index contributed by atoms with van der Waals surface area (Å²) in [6, 6.07) is 8.72. The molecule has 0 aromatic heterocycles. The maximum Gasteiger partial charge on any atom is 0.0713 e. The first kappa shape index (κ1) is 15.3. The molecule has 1 fully saturated rings. The Morgan fingerprint density at radius 1 is 1.20 bits per heavy atom.